The normalized spacial score (nSPS) is 10.1. The molecule has 0 aliphatic heterocycles. The van der Waals surface area contributed by atoms with Crippen LogP contribution in [0.1, 0.15) is 11.1 Å². The number of benzene rings is 1. The van der Waals surface area contributed by atoms with Crippen molar-refractivity contribution in [2.75, 3.05) is 0 Å². The molecule has 0 saturated carbocycles. The van der Waals surface area contributed by atoms with Gasteiger partial charge in [-0.15, -0.1) is 5.10 Å². The first kappa shape index (κ1) is 8.81. The molecule has 1 aromatic carbocycles. The number of aryl methyl sites for hydroxylation is 2. The zero-order chi connectivity index (χ0) is 9.97. The molecule has 71 valence electrons. The molecule has 3 nitrogen and oxygen atoms in total. The highest BCUT2D eigenvalue weighted by molar-refractivity contribution is 5.35. The van der Waals surface area contributed by atoms with Crippen LogP contribution in [-0.4, -0.2) is 9.94 Å². The molecule has 0 bridgehead atoms. The van der Waals surface area contributed by atoms with Crippen LogP contribution in [0.4, 0.5) is 0 Å². The first-order chi connectivity index (χ1) is 6.75. The fourth-order valence-corrected chi connectivity index (χ4v) is 1.18. The van der Waals surface area contributed by atoms with Crippen LogP contribution in [0, 0.1) is 19.9 Å². The highest BCUT2D eigenvalue weighted by Gasteiger charge is 2.00. The van der Waals surface area contributed by atoms with Gasteiger partial charge in [0.2, 0.25) is 0 Å². The largest absolute Gasteiger partial charge is 0.358 e. The van der Waals surface area contributed by atoms with Crippen LogP contribution in [0.15, 0.2) is 30.6 Å². The van der Waals surface area contributed by atoms with E-state index in [9.17, 15) is 0 Å². The van der Waals surface area contributed by atoms with Gasteiger partial charge in [-0.05, 0) is 31.0 Å². The van der Waals surface area contributed by atoms with E-state index < -0.39 is 0 Å². The average Bonchev–Trinajstić information content (AvgIpc) is 2.64. The van der Waals surface area contributed by atoms with Gasteiger partial charge >= 0.3 is 0 Å². The van der Waals surface area contributed by atoms with E-state index >= 15 is 0 Å². The minimum absolute atomic E-state index is 0.821. The van der Waals surface area contributed by atoms with Crippen LogP contribution >= 0.6 is 0 Å². The molecule has 0 saturated heterocycles. The smallest absolute Gasteiger partial charge is 0.161 e. The molecular weight excluding hydrogens is 176 g/mol. The summed E-state index contributed by atoms with van der Waals surface area (Å²) in [4.78, 5) is 6.89. The zero-order valence-corrected chi connectivity index (χ0v) is 8.19. The SMILES string of the molecule is Cc1ccc(C)c(On2c[c]cn2)c1. The predicted molar refractivity (Wildman–Crippen MR) is 53.0 cm³/mol. The van der Waals surface area contributed by atoms with Crippen molar-refractivity contribution in [2.24, 2.45) is 0 Å². The van der Waals surface area contributed by atoms with Crippen LogP contribution in [0.25, 0.3) is 0 Å². The van der Waals surface area contributed by atoms with Crippen LogP contribution in [0.2, 0.25) is 0 Å². The maximum atomic E-state index is 5.50. The van der Waals surface area contributed by atoms with Gasteiger partial charge in [0.1, 0.15) is 0 Å². The summed E-state index contributed by atoms with van der Waals surface area (Å²) in [7, 11) is 0. The number of aromatic nitrogens is 2. The molecular formula is C11H11N2O. The Morgan fingerprint density at radius 1 is 1.36 bits per heavy atom. The molecule has 0 fully saturated rings. The van der Waals surface area contributed by atoms with Crippen molar-refractivity contribution in [1.82, 2.24) is 9.94 Å². The Labute approximate surface area is 82.9 Å². The van der Waals surface area contributed by atoms with E-state index in [0.29, 0.717) is 0 Å². The van der Waals surface area contributed by atoms with E-state index in [-0.39, 0.29) is 0 Å². The van der Waals surface area contributed by atoms with E-state index in [2.05, 4.69) is 17.2 Å². The summed E-state index contributed by atoms with van der Waals surface area (Å²) in [5.74, 6) is 0.821. The van der Waals surface area contributed by atoms with Crippen LogP contribution in [0.3, 0.4) is 0 Å². The lowest BCUT2D eigenvalue weighted by atomic mass is 10.1. The monoisotopic (exact) mass is 187 g/mol. The molecule has 0 aliphatic rings. The second kappa shape index (κ2) is 3.54. The molecule has 1 aromatic heterocycles. The van der Waals surface area contributed by atoms with Crippen LogP contribution < -0.4 is 4.84 Å². The molecule has 0 aliphatic carbocycles. The Morgan fingerprint density at radius 2 is 2.21 bits per heavy atom. The van der Waals surface area contributed by atoms with Gasteiger partial charge in [0.15, 0.2) is 5.75 Å². The fourth-order valence-electron chi connectivity index (χ4n) is 1.18. The summed E-state index contributed by atoms with van der Waals surface area (Å²) in [5.41, 5.74) is 2.26. The molecule has 1 heterocycles. The molecule has 14 heavy (non-hydrogen) atoms. The second-order valence-corrected chi connectivity index (χ2v) is 3.20. The van der Waals surface area contributed by atoms with Crippen molar-refractivity contribution in [3.05, 3.63) is 47.8 Å². The van der Waals surface area contributed by atoms with E-state index in [0.717, 1.165) is 11.3 Å². The second-order valence-electron chi connectivity index (χ2n) is 3.20. The zero-order valence-electron chi connectivity index (χ0n) is 8.19. The number of hydrogen-bond acceptors (Lipinski definition) is 2. The highest BCUT2D eigenvalue weighted by Crippen LogP contribution is 2.18. The third kappa shape index (κ3) is 1.76. The molecule has 0 spiro atoms. The van der Waals surface area contributed by atoms with E-state index in [1.165, 1.54) is 10.4 Å². The molecule has 0 N–H and O–H groups in total. The van der Waals surface area contributed by atoms with Crippen molar-refractivity contribution in [1.29, 1.82) is 0 Å². The first-order valence-electron chi connectivity index (χ1n) is 4.42. The Morgan fingerprint density at radius 3 is 2.93 bits per heavy atom. The number of hydrogen-bond donors (Lipinski definition) is 0. The van der Waals surface area contributed by atoms with Gasteiger partial charge in [-0.1, -0.05) is 17.0 Å². The topological polar surface area (TPSA) is 27.1 Å². The molecule has 1 radical (unpaired) electrons. The third-order valence-corrected chi connectivity index (χ3v) is 1.97. The van der Waals surface area contributed by atoms with Gasteiger partial charge in [-0.3, -0.25) is 0 Å². The van der Waals surface area contributed by atoms with Crippen LogP contribution in [-0.2, 0) is 0 Å². The Balaban J connectivity index is 2.28. The summed E-state index contributed by atoms with van der Waals surface area (Å²) in [6.45, 7) is 4.03. The van der Waals surface area contributed by atoms with Gasteiger partial charge in [-0.2, -0.15) is 0 Å². The molecule has 2 rings (SSSR count). The molecule has 2 aromatic rings. The van der Waals surface area contributed by atoms with Gasteiger partial charge in [0, 0.05) is 6.07 Å². The summed E-state index contributed by atoms with van der Waals surface area (Å²) >= 11 is 0. The lowest BCUT2D eigenvalue weighted by molar-refractivity contribution is 0.177. The molecule has 0 amide bonds. The Kier molecular flexibility index (Phi) is 2.23. The van der Waals surface area contributed by atoms with Crippen LogP contribution in [0.5, 0.6) is 5.75 Å². The summed E-state index contributed by atoms with van der Waals surface area (Å²) in [5, 5.41) is 3.92. The predicted octanol–water partition coefficient (Wildman–Crippen LogP) is 2.14. The number of rotatable bonds is 2. The minimum Gasteiger partial charge on any atom is -0.358 e. The Hall–Kier alpha value is -1.77. The fraction of sp³-hybridized carbons (Fsp3) is 0.182. The van der Waals surface area contributed by atoms with E-state index in [1.54, 1.807) is 12.4 Å². The van der Waals surface area contributed by atoms with Crippen molar-refractivity contribution < 1.29 is 4.84 Å². The molecule has 0 atom stereocenters. The molecule has 3 heteroatoms. The highest BCUT2D eigenvalue weighted by atomic mass is 16.7. The average molecular weight is 187 g/mol. The maximum absolute atomic E-state index is 5.50. The van der Waals surface area contributed by atoms with E-state index in [4.69, 9.17) is 4.84 Å². The number of nitrogens with zero attached hydrogens (tertiary/aromatic N) is 2. The lowest BCUT2D eigenvalue weighted by Gasteiger charge is -2.07. The Bertz CT molecular complexity index is 421. The van der Waals surface area contributed by atoms with Crippen molar-refractivity contribution in [3.8, 4) is 5.75 Å². The first-order valence-corrected chi connectivity index (χ1v) is 4.42. The van der Waals surface area contributed by atoms with Gasteiger partial charge in [-0.25, -0.2) is 0 Å². The van der Waals surface area contributed by atoms with Crippen molar-refractivity contribution >= 4 is 0 Å². The molecule has 0 unspecified atom stereocenters. The van der Waals surface area contributed by atoms with Gasteiger partial charge in [0.25, 0.3) is 0 Å². The van der Waals surface area contributed by atoms with Gasteiger partial charge in [0.05, 0.1) is 12.4 Å². The standard InChI is InChI=1S/C11H11N2O/c1-9-4-5-10(2)11(8-9)14-13-7-3-6-12-13/h4-8H,1-2H3. The lowest BCUT2D eigenvalue weighted by Crippen LogP contribution is -2.06. The quantitative estimate of drug-likeness (QED) is 0.720. The summed E-state index contributed by atoms with van der Waals surface area (Å²) < 4.78 is 0. The van der Waals surface area contributed by atoms with Crippen molar-refractivity contribution in [2.45, 2.75) is 13.8 Å². The minimum atomic E-state index is 0.821. The van der Waals surface area contributed by atoms with Crippen molar-refractivity contribution in [3.63, 3.8) is 0 Å². The third-order valence-electron chi connectivity index (χ3n) is 1.97. The summed E-state index contributed by atoms with van der Waals surface area (Å²) in [6.07, 6.45) is 3.20. The summed E-state index contributed by atoms with van der Waals surface area (Å²) in [6, 6.07) is 8.87. The van der Waals surface area contributed by atoms with E-state index in [1.807, 2.05) is 26.0 Å². The van der Waals surface area contributed by atoms with Gasteiger partial charge < -0.3 is 4.84 Å². The maximum Gasteiger partial charge on any atom is 0.161 e.